The lowest BCUT2D eigenvalue weighted by atomic mass is 9.88. The lowest BCUT2D eigenvalue weighted by Gasteiger charge is -2.20. The van der Waals surface area contributed by atoms with Crippen LogP contribution in [0.2, 0.25) is 0 Å². The number of carbonyl (C=O) groups is 2. The molecule has 8 nitrogen and oxygen atoms in total. The Morgan fingerprint density at radius 1 is 1.24 bits per heavy atom. The molecule has 0 radical (unpaired) electrons. The number of aromatic nitrogens is 1. The van der Waals surface area contributed by atoms with Gasteiger partial charge in [-0.3, -0.25) is 14.6 Å². The maximum atomic E-state index is 13.6. The minimum atomic E-state index is -0.719. The van der Waals surface area contributed by atoms with E-state index in [1.807, 2.05) is 13.8 Å². The molecule has 0 saturated carbocycles. The highest BCUT2D eigenvalue weighted by atomic mass is 19.1. The molecule has 1 aromatic carbocycles. The summed E-state index contributed by atoms with van der Waals surface area (Å²) in [6.45, 7) is 5.94. The number of amides is 2. The van der Waals surface area contributed by atoms with E-state index in [0.29, 0.717) is 44.8 Å². The Kier molecular flexibility index (Phi) is 9.50. The molecule has 1 fully saturated rings. The number of anilines is 1. The second kappa shape index (κ2) is 12.5. The van der Waals surface area contributed by atoms with Gasteiger partial charge in [0.2, 0.25) is 0 Å². The van der Waals surface area contributed by atoms with Crippen molar-refractivity contribution in [1.29, 1.82) is 0 Å². The van der Waals surface area contributed by atoms with Crippen LogP contribution < -0.4 is 16.4 Å². The molecule has 2 aromatic rings. The van der Waals surface area contributed by atoms with Crippen molar-refractivity contribution in [3.05, 3.63) is 59.2 Å². The first-order valence-corrected chi connectivity index (χ1v) is 11.6. The first-order valence-electron chi connectivity index (χ1n) is 11.6. The summed E-state index contributed by atoms with van der Waals surface area (Å²) >= 11 is 0. The third-order valence-corrected chi connectivity index (χ3v) is 5.72. The molecular formula is C25H33FN4O4. The average Bonchev–Trinajstić information content (AvgIpc) is 3.20. The van der Waals surface area contributed by atoms with Gasteiger partial charge in [-0.1, -0.05) is 6.07 Å². The number of hydrogen-bond acceptors (Lipinski definition) is 6. The molecule has 9 heteroatoms. The van der Waals surface area contributed by atoms with Crippen molar-refractivity contribution < 1.29 is 23.5 Å². The predicted molar refractivity (Wildman–Crippen MR) is 127 cm³/mol. The quantitative estimate of drug-likeness (QED) is 0.433. The van der Waals surface area contributed by atoms with Crippen LogP contribution in [0.4, 0.5) is 10.1 Å². The highest BCUT2D eigenvalue weighted by Crippen LogP contribution is 2.37. The second-order valence-corrected chi connectivity index (χ2v) is 8.49. The van der Waals surface area contributed by atoms with Gasteiger partial charge in [-0.15, -0.1) is 0 Å². The maximum Gasteiger partial charge on any atom is 0.269 e. The molecule has 3 rings (SSSR count). The largest absolute Gasteiger partial charge is 0.381 e. The number of pyridine rings is 1. The van der Waals surface area contributed by atoms with Crippen LogP contribution in [0.3, 0.4) is 0 Å². The molecule has 0 bridgehead atoms. The predicted octanol–water partition coefficient (Wildman–Crippen LogP) is 2.91. The number of nitrogens with zero attached hydrogens (tertiary/aromatic N) is 1. The maximum absolute atomic E-state index is 13.6. The van der Waals surface area contributed by atoms with Crippen molar-refractivity contribution in [3.8, 4) is 0 Å². The van der Waals surface area contributed by atoms with Crippen LogP contribution in [0, 0.1) is 12.7 Å². The minimum Gasteiger partial charge on any atom is -0.381 e. The number of nitrogens with two attached hydrogens (primary N) is 1. The fraction of sp³-hybridized carbons (Fsp3) is 0.480. The van der Waals surface area contributed by atoms with Gasteiger partial charge in [0.15, 0.2) is 0 Å². The fourth-order valence-electron chi connectivity index (χ4n) is 4.07. The van der Waals surface area contributed by atoms with E-state index in [2.05, 4.69) is 15.6 Å². The van der Waals surface area contributed by atoms with E-state index in [9.17, 15) is 14.0 Å². The molecule has 184 valence electrons. The highest BCUT2D eigenvalue weighted by Gasteiger charge is 2.39. The minimum absolute atomic E-state index is 0.108. The monoisotopic (exact) mass is 472 g/mol. The highest BCUT2D eigenvalue weighted by molar-refractivity contribution is 5.97. The summed E-state index contributed by atoms with van der Waals surface area (Å²) in [6.07, 6.45) is 2.79. The lowest BCUT2D eigenvalue weighted by molar-refractivity contribution is -0.126. The van der Waals surface area contributed by atoms with Gasteiger partial charge in [0.1, 0.15) is 17.6 Å². The zero-order valence-corrected chi connectivity index (χ0v) is 19.7. The van der Waals surface area contributed by atoms with Crippen LogP contribution in [0.25, 0.3) is 0 Å². The van der Waals surface area contributed by atoms with Crippen molar-refractivity contribution in [3.63, 3.8) is 0 Å². The van der Waals surface area contributed by atoms with E-state index in [1.165, 1.54) is 24.4 Å². The Labute approximate surface area is 199 Å². The number of aryl methyl sites for hydroxylation is 1. The van der Waals surface area contributed by atoms with Crippen molar-refractivity contribution in [1.82, 2.24) is 10.3 Å². The Hall–Kier alpha value is -2.88. The van der Waals surface area contributed by atoms with Gasteiger partial charge in [-0.2, -0.15) is 0 Å². The number of nitrogens with one attached hydrogen (secondary N) is 2. The molecule has 2 heterocycles. The number of hydrogen-bond donors (Lipinski definition) is 3. The van der Waals surface area contributed by atoms with Gasteiger partial charge >= 0.3 is 0 Å². The number of benzene rings is 1. The molecule has 3 unspecified atom stereocenters. The van der Waals surface area contributed by atoms with Crippen molar-refractivity contribution >= 4 is 17.5 Å². The SMILES string of the molecule is Cc1cc(F)ccc1C1CC(C)OC1C(=O)Nc1ccnc(C(=O)NCCCOCCCN)c1. The van der Waals surface area contributed by atoms with Gasteiger partial charge in [-0.25, -0.2) is 4.39 Å². The molecule has 2 amide bonds. The summed E-state index contributed by atoms with van der Waals surface area (Å²) in [6, 6.07) is 7.74. The van der Waals surface area contributed by atoms with E-state index in [0.717, 1.165) is 17.5 Å². The lowest BCUT2D eigenvalue weighted by Crippen LogP contribution is -2.32. The molecule has 0 aliphatic carbocycles. The van der Waals surface area contributed by atoms with E-state index in [1.54, 1.807) is 12.1 Å². The molecule has 1 aliphatic heterocycles. The molecular weight excluding hydrogens is 439 g/mol. The Morgan fingerprint density at radius 2 is 2.03 bits per heavy atom. The van der Waals surface area contributed by atoms with E-state index < -0.39 is 6.10 Å². The van der Waals surface area contributed by atoms with Crippen LogP contribution in [-0.4, -0.2) is 55.3 Å². The van der Waals surface area contributed by atoms with Crippen molar-refractivity contribution in [2.75, 3.05) is 31.6 Å². The summed E-state index contributed by atoms with van der Waals surface area (Å²) in [5.74, 6) is -1.14. The van der Waals surface area contributed by atoms with Crippen LogP contribution in [0.1, 0.15) is 53.7 Å². The molecule has 1 aromatic heterocycles. The van der Waals surface area contributed by atoms with E-state index in [4.69, 9.17) is 15.2 Å². The summed E-state index contributed by atoms with van der Waals surface area (Å²) in [5, 5.41) is 5.63. The first kappa shape index (κ1) is 25.7. The van der Waals surface area contributed by atoms with Crippen LogP contribution in [0.15, 0.2) is 36.5 Å². The zero-order valence-electron chi connectivity index (χ0n) is 19.7. The normalized spacial score (nSPS) is 19.7. The average molecular weight is 473 g/mol. The smallest absolute Gasteiger partial charge is 0.269 e. The van der Waals surface area contributed by atoms with Gasteiger partial charge in [-0.05, 0) is 75.0 Å². The summed E-state index contributed by atoms with van der Waals surface area (Å²) in [5.41, 5.74) is 7.75. The molecule has 1 saturated heterocycles. The Morgan fingerprint density at radius 3 is 2.79 bits per heavy atom. The van der Waals surface area contributed by atoms with Crippen LogP contribution in [0.5, 0.6) is 0 Å². The number of halogens is 1. The van der Waals surface area contributed by atoms with Gasteiger partial charge in [0.25, 0.3) is 11.8 Å². The first-order chi connectivity index (χ1) is 16.4. The van der Waals surface area contributed by atoms with Crippen LogP contribution in [-0.2, 0) is 14.3 Å². The molecule has 3 atom stereocenters. The number of carbonyl (C=O) groups excluding carboxylic acids is 2. The number of rotatable bonds is 11. The van der Waals surface area contributed by atoms with Gasteiger partial charge < -0.3 is 25.8 Å². The topological polar surface area (TPSA) is 116 Å². The molecule has 34 heavy (non-hydrogen) atoms. The third-order valence-electron chi connectivity index (χ3n) is 5.72. The Balaban J connectivity index is 1.58. The zero-order chi connectivity index (χ0) is 24.5. The second-order valence-electron chi connectivity index (χ2n) is 8.49. The van der Waals surface area contributed by atoms with Gasteiger partial charge in [0.05, 0.1) is 6.10 Å². The molecule has 1 aliphatic rings. The number of ether oxygens (including phenoxy) is 2. The molecule has 0 spiro atoms. The third kappa shape index (κ3) is 7.06. The van der Waals surface area contributed by atoms with Crippen LogP contribution >= 0.6 is 0 Å². The summed E-state index contributed by atoms with van der Waals surface area (Å²) in [7, 11) is 0. The van der Waals surface area contributed by atoms with E-state index in [-0.39, 0.29) is 35.3 Å². The summed E-state index contributed by atoms with van der Waals surface area (Å²) in [4.78, 5) is 29.6. The summed E-state index contributed by atoms with van der Waals surface area (Å²) < 4.78 is 24.9. The van der Waals surface area contributed by atoms with Gasteiger partial charge in [0, 0.05) is 37.6 Å². The standard InChI is InChI=1S/C25H33FN4O4/c1-16-13-18(26)5-6-20(16)21-14-17(2)34-23(21)25(32)30-19-7-10-28-22(15-19)24(31)29-9-4-12-33-11-3-8-27/h5-7,10,13,15,17,21,23H,3-4,8-9,11-12,14,27H2,1-2H3,(H,29,31)(H,28,30,32). The van der Waals surface area contributed by atoms with E-state index >= 15 is 0 Å². The van der Waals surface area contributed by atoms with Crippen molar-refractivity contribution in [2.24, 2.45) is 5.73 Å². The van der Waals surface area contributed by atoms with Crippen molar-refractivity contribution in [2.45, 2.75) is 51.2 Å². The Bertz CT molecular complexity index is 987. The molecule has 4 N–H and O–H groups in total. The fourth-order valence-corrected chi connectivity index (χ4v) is 4.07.